The smallest absolute Gasteiger partial charge is 0.185 e. The SMILES string of the molecule is COc1ccc(OC)c(-c2csc(N3CCC(S(=O)(=O)c4c(C(C)C)cc(C(C)C)cc4C(C)C)CC3)n2)c1. The molecular formula is C31H42N2O4S2. The Morgan fingerprint density at radius 2 is 1.51 bits per heavy atom. The fourth-order valence-electron chi connectivity index (χ4n) is 5.29. The van der Waals surface area contributed by atoms with Crippen LogP contribution in [-0.4, -0.2) is 46.0 Å². The Kier molecular flexibility index (Phi) is 8.96. The number of hydrogen-bond donors (Lipinski definition) is 0. The van der Waals surface area contributed by atoms with Gasteiger partial charge in [-0.15, -0.1) is 11.3 Å². The number of aromatic nitrogens is 1. The monoisotopic (exact) mass is 570 g/mol. The molecule has 4 rings (SSSR count). The number of piperidine rings is 1. The molecule has 0 spiro atoms. The highest BCUT2D eigenvalue weighted by molar-refractivity contribution is 7.92. The molecule has 0 unspecified atom stereocenters. The Balaban J connectivity index is 1.59. The number of thiazole rings is 1. The lowest BCUT2D eigenvalue weighted by molar-refractivity contribution is 0.404. The Hall–Kier alpha value is -2.58. The molecule has 3 aromatic rings. The second-order valence-corrected chi connectivity index (χ2v) is 14.3. The molecule has 2 heterocycles. The van der Waals surface area contributed by atoms with Crippen LogP contribution in [0.2, 0.25) is 0 Å². The predicted octanol–water partition coefficient (Wildman–Crippen LogP) is 7.64. The van der Waals surface area contributed by atoms with Crippen molar-refractivity contribution in [2.75, 3.05) is 32.2 Å². The maximum Gasteiger partial charge on any atom is 0.185 e. The van der Waals surface area contributed by atoms with Gasteiger partial charge in [-0.25, -0.2) is 13.4 Å². The van der Waals surface area contributed by atoms with Gasteiger partial charge in [-0.3, -0.25) is 0 Å². The maximum atomic E-state index is 14.2. The number of ether oxygens (including phenoxy) is 2. The van der Waals surface area contributed by atoms with Crippen molar-refractivity contribution in [2.45, 2.75) is 82.3 Å². The standard InChI is InChI=1S/C31H42N2O4S2/c1-19(2)22-15-25(20(3)4)30(26(16-22)21(5)6)39(34,35)24-11-13-33(14-12-24)31-32-28(18-38-31)27-17-23(36-7)9-10-29(27)37-8/h9-10,15-21,24H,11-14H2,1-8H3. The van der Waals surface area contributed by atoms with Gasteiger partial charge >= 0.3 is 0 Å². The fourth-order valence-corrected chi connectivity index (χ4v) is 8.58. The third-order valence-electron chi connectivity index (χ3n) is 7.69. The van der Waals surface area contributed by atoms with Crippen LogP contribution in [-0.2, 0) is 9.84 Å². The Morgan fingerprint density at radius 1 is 0.897 bits per heavy atom. The van der Waals surface area contributed by atoms with Gasteiger partial charge in [0.2, 0.25) is 0 Å². The summed E-state index contributed by atoms with van der Waals surface area (Å²) in [5.41, 5.74) is 4.84. The highest BCUT2D eigenvalue weighted by Crippen LogP contribution is 2.40. The third kappa shape index (κ3) is 5.97. The van der Waals surface area contributed by atoms with E-state index in [1.807, 2.05) is 23.6 Å². The molecule has 0 bridgehead atoms. The average molecular weight is 571 g/mol. The molecule has 0 amide bonds. The highest BCUT2D eigenvalue weighted by atomic mass is 32.2. The van der Waals surface area contributed by atoms with Crippen LogP contribution < -0.4 is 14.4 Å². The molecule has 39 heavy (non-hydrogen) atoms. The van der Waals surface area contributed by atoms with E-state index in [1.54, 1.807) is 25.6 Å². The molecule has 212 valence electrons. The van der Waals surface area contributed by atoms with Gasteiger partial charge in [0, 0.05) is 24.0 Å². The minimum absolute atomic E-state index is 0.133. The molecule has 1 aliphatic heterocycles. The summed E-state index contributed by atoms with van der Waals surface area (Å²) >= 11 is 1.57. The fraction of sp³-hybridized carbons (Fsp3) is 0.516. The minimum Gasteiger partial charge on any atom is -0.497 e. The third-order valence-corrected chi connectivity index (χ3v) is 11.0. The van der Waals surface area contributed by atoms with Crippen molar-refractivity contribution < 1.29 is 17.9 Å². The number of anilines is 1. The lowest BCUT2D eigenvalue weighted by Gasteiger charge is -2.33. The molecular weight excluding hydrogens is 528 g/mol. The lowest BCUT2D eigenvalue weighted by Crippen LogP contribution is -2.39. The highest BCUT2D eigenvalue weighted by Gasteiger charge is 2.36. The molecule has 2 aromatic carbocycles. The Labute approximate surface area is 238 Å². The molecule has 0 atom stereocenters. The van der Waals surface area contributed by atoms with E-state index in [1.165, 1.54) is 5.56 Å². The van der Waals surface area contributed by atoms with E-state index in [2.05, 4.69) is 58.6 Å². The van der Waals surface area contributed by atoms with Crippen molar-refractivity contribution in [3.05, 3.63) is 52.4 Å². The molecule has 0 saturated carbocycles. The van der Waals surface area contributed by atoms with Gasteiger partial charge in [-0.1, -0.05) is 53.7 Å². The zero-order valence-corrected chi connectivity index (χ0v) is 26.1. The summed E-state index contributed by atoms with van der Waals surface area (Å²) in [6.07, 6.45) is 1.17. The second-order valence-electron chi connectivity index (χ2n) is 11.3. The van der Waals surface area contributed by atoms with Crippen molar-refractivity contribution >= 4 is 26.3 Å². The molecule has 1 fully saturated rings. The van der Waals surface area contributed by atoms with E-state index in [9.17, 15) is 8.42 Å². The number of methoxy groups -OCH3 is 2. The number of rotatable bonds is 9. The van der Waals surface area contributed by atoms with Gasteiger partial charge < -0.3 is 14.4 Å². The second kappa shape index (κ2) is 11.9. The van der Waals surface area contributed by atoms with E-state index in [0.29, 0.717) is 36.7 Å². The Morgan fingerprint density at radius 3 is 2.03 bits per heavy atom. The van der Waals surface area contributed by atoms with Crippen LogP contribution in [0.25, 0.3) is 11.3 Å². The zero-order valence-electron chi connectivity index (χ0n) is 24.4. The number of hydrogen-bond acceptors (Lipinski definition) is 7. The van der Waals surface area contributed by atoms with Crippen LogP contribution >= 0.6 is 11.3 Å². The average Bonchev–Trinajstić information content (AvgIpc) is 3.42. The zero-order chi connectivity index (χ0) is 28.5. The van der Waals surface area contributed by atoms with Crippen LogP contribution in [0.15, 0.2) is 40.6 Å². The number of nitrogens with zero attached hydrogens (tertiary/aromatic N) is 2. The maximum absolute atomic E-state index is 14.2. The molecule has 1 aliphatic rings. The van der Waals surface area contributed by atoms with Gasteiger partial charge in [0.1, 0.15) is 11.5 Å². The summed E-state index contributed by atoms with van der Waals surface area (Å²) in [6, 6.07) is 9.95. The van der Waals surface area contributed by atoms with E-state index in [4.69, 9.17) is 14.5 Å². The number of sulfone groups is 1. The largest absolute Gasteiger partial charge is 0.497 e. The van der Waals surface area contributed by atoms with Crippen LogP contribution in [0.3, 0.4) is 0 Å². The molecule has 0 radical (unpaired) electrons. The van der Waals surface area contributed by atoms with Gasteiger partial charge in [0.25, 0.3) is 0 Å². The van der Waals surface area contributed by atoms with E-state index >= 15 is 0 Å². The van der Waals surface area contributed by atoms with E-state index in [0.717, 1.165) is 39.0 Å². The summed E-state index contributed by atoms with van der Waals surface area (Å²) in [6.45, 7) is 14.0. The number of benzene rings is 2. The molecule has 0 aliphatic carbocycles. The summed E-state index contributed by atoms with van der Waals surface area (Å²) in [5, 5.41) is 2.53. The molecule has 8 heteroatoms. The summed E-state index contributed by atoms with van der Waals surface area (Å²) in [7, 11) is -0.200. The first kappa shape index (κ1) is 29.4. The summed E-state index contributed by atoms with van der Waals surface area (Å²) < 4.78 is 39.4. The normalized spacial score (nSPS) is 15.0. The first-order chi connectivity index (χ1) is 18.5. The van der Waals surface area contributed by atoms with E-state index in [-0.39, 0.29) is 11.8 Å². The van der Waals surface area contributed by atoms with Crippen LogP contribution in [0.4, 0.5) is 5.13 Å². The molecule has 1 saturated heterocycles. The van der Waals surface area contributed by atoms with Gasteiger partial charge in [0.15, 0.2) is 15.0 Å². The quantitative estimate of drug-likeness (QED) is 0.263. The van der Waals surface area contributed by atoms with Crippen LogP contribution in [0, 0.1) is 0 Å². The summed E-state index contributed by atoms with van der Waals surface area (Å²) in [4.78, 5) is 7.68. The van der Waals surface area contributed by atoms with Crippen LogP contribution in [0.5, 0.6) is 11.5 Å². The molecule has 6 nitrogen and oxygen atoms in total. The van der Waals surface area contributed by atoms with Crippen molar-refractivity contribution in [3.8, 4) is 22.8 Å². The molecule has 1 aromatic heterocycles. The van der Waals surface area contributed by atoms with E-state index < -0.39 is 15.1 Å². The predicted molar refractivity (Wildman–Crippen MR) is 162 cm³/mol. The van der Waals surface area contributed by atoms with Crippen molar-refractivity contribution in [3.63, 3.8) is 0 Å². The first-order valence-corrected chi connectivity index (χ1v) is 16.2. The topological polar surface area (TPSA) is 68.7 Å². The minimum atomic E-state index is -3.49. The van der Waals surface area contributed by atoms with Crippen molar-refractivity contribution in [2.24, 2.45) is 0 Å². The van der Waals surface area contributed by atoms with Crippen molar-refractivity contribution in [1.29, 1.82) is 0 Å². The summed E-state index contributed by atoms with van der Waals surface area (Å²) in [5.74, 6) is 2.10. The van der Waals surface area contributed by atoms with Gasteiger partial charge in [0.05, 0.1) is 30.1 Å². The van der Waals surface area contributed by atoms with Gasteiger partial charge in [-0.2, -0.15) is 0 Å². The Bertz CT molecular complexity index is 1370. The van der Waals surface area contributed by atoms with Gasteiger partial charge in [-0.05, 0) is 65.5 Å². The van der Waals surface area contributed by atoms with Crippen molar-refractivity contribution in [1.82, 2.24) is 4.98 Å². The lowest BCUT2D eigenvalue weighted by atomic mass is 9.89. The first-order valence-electron chi connectivity index (χ1n) is 13.8. The van der Waals surface area contributed by atoms with Crippen LogP contribution in [0.1, 0.15) is 88.8 Å². The molecule has 0 N–H and O–H groups in total.